The Kier molecular flexibility index (Phi) is 12.0. The van der Waals surface area contributed by atoms with Gasteiger partial charge in [-0.25, -0.2) is 0 Å². The summed E-state index contributed by atoms with van der Waals surface area (Å²) in [5, 5.41) is 3.20. The number of hydrogen-bond acceptors (Lipinski definition) is 1. The molecule has 1 unspecified atom stereocenters. The number of allylic oxidation sites excluding steroid dienone is 4. The number of hydrogen-bond donors (Lipinski definition) is 1. The van der Waals surface area contributed by atoms with E-state index in [4.69, 9.17) is 0 Å². The van der Waals surface area contributed by atoms with Crippen LogP contribution in [0.25, 0.3) is 0 Å². The predicted molar refractivity (Wildman–Crippen MR) is 101 cm³/mol. The van der Waals surface area contributed by atoms with Crippen LogP contribution in [0, 0.1) is 5.92 Å². The van der Waals surface area contributed by atoms with E-state index in [9.17, 15) is 0 Å². The van der Waals surface area contributed by atoms with Gasteiger partial charge >= 0.3 is 0 Å². The van der Waals surface area contributed by atoms with Crippen molar-refractivity contribution in [1.29, 1.82) is 0 Å². The first-order valence-electron chi connectivity index (χ1n) is 8.29. The normalized spacial score (nSPS) is 11.7. The molecule has 0 amide bonds. The molecule has 0 aromatic rings. The van der Waals surface area contributed by atoms with Crippen molar-refractivity contribution in [3.05, 3.63) is 67.1 Å². The molecule has 0 saturated heterocycles. The van der Waals surface area contributed by atoms with Gasteiger partial charge in [0.2, 0.25) is 0 Å². The molecule has 0 aliphatic carbocycles. The van der Waals surface area contributed by atoms with Crippen molar-refractivity contribution in [3.8, 4) is 0 Å². The topological polar surface area (TPSA) is 12.0 Å². The van der Waals surface area contributed by atoms with E-state index in [0.29, 0.717) is 0 Å². The van der Waals surface area contributed by atoms with E-state index >= 15 is 0 Å². The third kappa shape index (κ3) is 10.1. The molecule has 0 aliphatic rings. The van der Waals surface area contributed by atoms with Crippen LogP contribution in [-0.2, 0) is 0 Å². The molecule has 0 heterocycles. The first-order valence-corrected chi connectivity index (χ1v) is 8.29. The molecule has 1 N–H and O–H groups in total. The fourth-order valence-electron chi connectivity index (χ4n) is 2.27. The van der Waals surface area contributed by atoms with Gasteiger partial charge in [-0.15, -0.1) is 5.73 Å². The second-order valence-corrected chi connectivity index (χ2v) is 5.90. The highest BCUT2D eigenvalue weighted by Gasteiger charge is 2.06. The smallest absolute Gasteiger partial charge is 0.0429 e. The van der Waals surface area contributed by atoms with Crippen molar-refractivity contribution < 1.29 is 0 Å². The van der Waals surface area contributed by atoms with E-state index in [1.54, 1.807) is 6.08 Å². The average molecular weight is 300 g/mol. The molecule has 22 heavy (non-hydrogen) atoms. The van der Waals surface area contributed by atoms with E-state index in [0.717, 1.165) is 37.3 Å². The Morgan fingerprint density at radius 1 is 1.14 bits per heavy atom. The van der Waals surface area contributed by atoms with Crippen LogP contribution in [0.2, 0.25) is 0 Å². The SMILES string of the molecule is C=C=C(CCC(=C)C(=C)CCC(C)CCC)CN/C=C\C=C. The Morgan fingerprint density at radius 2 is 1.82 bits per heavy atom. The summed E-state index contributed by atoms with van der Waals surface area (Å²) in [6.07, 6.45) is 12.2. The molecule has 0 aromatic heterocycles. The van der Waals surface area contributed by atoms with Crippen LogP contribution in [0.1, 0.15) is 52.4 Å². The Morgan fingerprint density at radius 3 is 2.41 bits per heavy atom. The summed E-state index contributed by atoms with van der Waals surface area (Å²) in [6, 6.07) is 0. The van der Waals surface area contributed by atoms with Gasteiger partial charge in [0, 0.05) is 6.54 Å². The summed E-state index contributed by atoms with van der Waals surface area (Å²) in [4.78, 5) is 0. The van der Waals surface area contributed by atoms with Crippen molar-refractivity contribution in [3.63, 3.8) is 0 Å². The minimum Gasteiger partial charge on any atom is -0.387 e. The van der Waals surface area contributed by atoms with Crippen molar-refractivity contribution in [1.82, 2.24) is 5.32 Å². The minimum atomic E-state index is 0.765. The van der Waals surface area contributed by atoms with Gasteiger partial charge in [-0.2, -0.15) is 0 Å². The second-order valence-electron chi connectivity index (χ2n) is 5.90. The van der Waals surface area contributed by atoms with Crippen molar-refractivity contribution in [2.75, 3.05) is 6.54 Å². The third-order valence-corrected chi connectivity index (χ3v) is 3.86. The molecule has 0 aromatic carbocycles. The monoisotopic (exact) mass is 299 g/mol. The summed E-state index contributed by atoms with van der Waals surface area (Å²) in [5.41, 5.74) is 6.55. The van der Waals surface area contributed by atoms with E-state index in [-0.39, 0.29) is 0 Å². The molecule has 1 nitrogen and oxygen atoms in total. The summed E-state index contributed by atoms with van der Waals surface area (Å²) in [5.74, 6) is 0.777. The van der Waals surface area contributed by atoms with Crippen LogP contribution in [0.15, 0.2) is 67.1 Å². The Labute approximate surface area is 137 Å². The molecule has 0 fully saturated rings. The lowest BCUT2D eigenvalue weighted by atomic mass is 9.93. The molecular formula is C21H33N. The maximum absolute atomic E-state index is 4.19. The highest BCUT2D eigenvalue weighted by molar-refractivity contribution is 5.26. The van der Waals surface area contributed by atoms with Gasteiger partial charge in [0.15, 0.2) is 0 Å². The van der Waals surface area contributed by atoms with Gasteiger partial charge in [-0.1, -0.05) is 70.2 Å². The van der Waals surface area contributed by atoms with E-state index < -0.39 is 0 Å². The molecule has 0 bridgehead atoms. The van der Waals surface area contributed by atoms with Gasteiger partial charge in [-0.3, -0.25) is 0 Å². The van der Waals surface area contributed by atoms with Gasteiger partial charge < -0.3 is 5.32 Å². The molecule has 1 atom stereocenters. The largest absolute Gasteiger partial charge is 0.387 e. The molecule has 1 heteroatoms. The van der Waals surface area contributed by atoms with Crippen molar-refractivity contribution in [2.45, 2.75) is 52.4 Å². The molecular weight excluding hydrogens is 266 g/mol. The zero-order valence-electron chi connectivity index (χ0n) is 14.6. The van der Waals surface area contributed by atoms with Crippen LogP contribution in [0.4, 0.5) is 0 Å². The highest BCUT2D eigenvalue weighted by Crippen LogP contribution is 2.22. The maximum Gasteiger partial charge on any atom is 0.0429 e. The standard InChI is InChI=1S/C21H33N/c1-7-10-16-22-17-21(9-3)15-14-20(6)19(5)13-12-18(4)11-8-2/h7,10,16,18,22H,1,3,5-6,8,11-15,17H2,2,4H3/b16-10-. The van der Waals surface area contributed by atoms with Crippen LogP contribution in [0.5, 0.6) is 0 Å². The highest BCUT2D eigenvalue weighted by atomic mass is 14.8. The Bertz CT molecular complexity index is 433. The average Bonchev–Trinajstić information content (AvgIpc) is 2.51. The van der Waals surface area contributed by atoms with Crippen molar-refractivity contribution in [2.24, 2.45) is 5.92 Å². The van der Waals surface area contributed by atoms with E-state index in [1.807, 2.05) is 12.3 Å². The third-order valence-electron chi connectivity index (χ3n) is 3.86. The minimum absolute atomic E-state index is 0.765. The lowest BCUT2D eigenvalue weighted by molar-refractivity contribution is 0.486. The number of nitrogens with one attached hydrogen (secondary N) is 1. The summed E-state index contributed by atoms with van der Waals surface area (Å²) >= 11 is 0. The quantitative estimate of drug-likeness (QED) is 0.320. The summed E-state index contributed by atoms with van der Waals surface area (Å²) in [6.45, 7) is 21.1. The van der Waals surface area contributed by atoms with Crippen molar-refractivity contribution >= 4 is 0 Å². The Balaban J connectivity index is 4.08. The molecule has 0 saturated carbocycles. The van der Waals surface area contributed by atoms with Crippen LogP contribution < -0.4 is 5.32 Å². The zero-order chi connectivity index (χ0) is 16.8. The van der Waals surface area contributed by atoms with Gasteiger partial charge in [0.1, 0.15) is 0 Å². The van der Waals surface area contributed by atoms with E-state index in [1.165, 1.54) is 30.4 Å². The molecule has 0 rings (SSSR count). The lowest BCUT2D eigenvalue weighted by Gasteiger charge is -2.14. The van der Waals surface area contributed by atoms with Crippen LogP contribution in [0.3, 0.4) is 0 Å². The van der Waals surface area contributed by atoms with Gasteiger partial charge in [-0.05, 0) is 49.5 Å². The first-order chi connectivity index (χ1) is 10.5. The fraction of sp³-hybridized carbons (Fsp3) is 0.476. The second kappa shape index (κ2) is 13.0. The van der Waals surface area contributed by atoms with E-state index in [2.05, 4.69) is 51.2 Å². The fourth-order valence-corrected chi connectivity index (χ4v) is 2.27. The van der Waals surface area contributed by atoms with Gasteiger partial charge in [0.05, 0.1) is 0 Å². The zero-order valence-corrected chi connectivity index (χ0v) is 14.6. The van der Waals surface area contributed by atoms with Gasteiger partial charge in [0.25, 0.3) is 0 Å². The molecule has 0 radical (unpaired) electrons. The summed E-state index contributed by atoms with van der Waals surface area (Å²) in [7, 11) is 0. The Hall–Kier alpha value is -1.72. The van der Waals surface area contributed by atoms with Crippen LogP contribution >= 0.6 is 0 Å². The maximum atomic E-state index is 4.19. The van der Waals surface area contributed by atoms with Crippen LogP contribution in [-0.4, -0.2) is 6.54 Å². The first kappa shape index (κ1) is 20.3. The lowest BCUT2D eigenvalue weighted by Crippen LogP contribution is -2.09. The summed E-state index contributed by atoms with van der Waals surface area (Å²) < 4.78 is 0. The molecule has 0 spiro atoms. The molecule has 0 aliphatic heterocycles. The molecule has 122 valence electrons. The number of rotatable bonds is 13. The predicted octanol–water partition coefficient (Wildman–Crippen LogP) is 6.10.